The molecule has 5 fully saturated rings. The zero-order chi connectivity index (χ0) is 16.1. The van der Waals surface area contributed by atoms with Crippen molar-refractivity contribution in [1.29, 1.82) is 0 Å². The summed E-state index contributed by atoms with van der Waals surface area (Å²) >= 11 is 0. The van der Waals surface area contributed by atoms with Crippen LogP contribution in [0.15, 0.2) is 6.33 Å². The molecule has 4 aliphatic carbocycles. The smallest absolute Gasteiger partial charge is 0.157 e. The Labute approximate surface area is 143 Å². The summed E-state index contributed by atoms with van der Waals surface area (Å²) in [5.41, 5.74) is 7.40. The molecule has 0 aromatic carbocycles. The van der Waals surface area contributed by atoms with E-state index in [0.717, 1.165) is 55.7 Å². The van der Waals surface area contributed by atoms with Gasteiger partial charge < -0.3 is 20.7 Å². The molecule has 130 valence electrons. The van der Waals surface area contributed by atoms with Gasteiger partial charge in [-0.2, -0.15) is 0 Å². The van der Waals surface area contributed by atoms with Crippen molar-refractivity contribution in [3.05, 3.63) is 6.33 Å². The van der Waals surface area contributed by atoms with Crippen LogP contribution in [0.4, 0.5) is 17.3 Å². The number of nitrogens with two attached hydrogens (primary N) is 1. The van der Waals surface area contributed by atoms with Crippen LogP contribution in [-0.2, 0) is 4.74 Å². The number of nitrogen functional groups attached to an aromatic ring is 1. The molecule has 0 radical (unpaired) electrons. The fraction of sp³-hybridized carbons (Fsp3) is 0.778. The summed E-state index contributed by atoms with van der Waals surface area (Å²) in [6.45, 7) is 3.17. The zero-order valence-electron chi connectivity index (χ0n) is 14.2. The summed E-state index contributed by atoms with van der Waals surface area (Å²) in [4.78, 5) is 11.2. The SMILES string of the molecule is Nc1c(NC23CC4CC(CC(C4)C2)C3)ncnc1N1CCOCC1. The number of hydrogen-bond acceptors (Lipinski definition) is 6. The Bertz CT molecular complexity index is 593. The lowest BCUT2D eigenvalue weighted by atomic mass is 9.53. The monoisotopic (exact) mass is 329 g/mol. The van der Waals surface area contributed by atoms with Gasteiger partial charge in [-0.05, 0) is 56.3 Å². The first-order valence-corrected chi connectivity index (χ1v) is 9.42. The molecule has 6 nitrogen and oxygen atoms in total. The Morgan fingerprint density at radius 1 is 1.04 bits per heavy atom. The molecular formula is C18H27N5O. The van der Waals surface area contributed by atoms with Crippen molar-refractivity contribution in [3.63, 3.8) is 0 Å². The van der Waals surface area contributed by atoms with Crippen molar-refractivity contribution in [3.8, 4) is 0 Å². The number of morpholine rings is 1. The molecule has 2 heterocycles. The third kappa shape index (κ3) is 2.42. The number of hydrogen-bond donors (Lipinski definition) is 2. The Kier molecular flexibility index (Phi) is 3.37. The summed E-state index contributed by atoms with van der Waals surface area (Å²) in [6, 6.07) is 0. The maximum absolute atomic E-state index is 6.47. The highest BCUT2D eigenvalue weighted by molar-refractivity contribution is 5.75. The molecule has 6 heteroatoms. The van der Waals surface area contributed by atoms with Crippen LogP contribution >= 0.6 is 0 Å². The number of ether oxygens (including phenoxy) is 1. The first-order valence-electron chi connectivity index (χ1n) is 9.42. The molecule has 4 bridgehead atoms. The number of aromatic nitrogens is 2. The van der Waals surface area contributed by atoms with Crippen LogP contribution in [0.2, 0.25) is 0 Å². The van der Waals surface area contributed by atoms with Gasteiger partial charge in [0.1, 0.15) is 12.0 Å². The molecule has 0 amide bonds. The molecule has 1 aromatic heterocycles. The second kappa shape index (κ2) is 5.48. The number of anilines is 3. The largest absolute Gasteiger partial charge is 0.393 e. The molecule has 0 spiro atoms. The van der Waals surface area contributed by atoms with Crippen LogP contribution in [0.1, 0.15) is 38.5 Å². The van der Waals surface area contributed by atoms with E-state index in [-0.39, 0.29) is 5.54 Å². The van der Waals surface area contributed by atoms with Crippen LogP contribution in [0.5, 0.6) is 0 Å². The number of rotatable bonds is 3. The van der Waals surface area contributed by atoms with E-state index >= 15 is 0 Å². The maximum Gasteiger partial charge on any atom is 0.157 e. The molecule has 6 rings (SSSR count). The van der Waals surface area contributed by atoms with Gasteiger partial charge in [-0.15, -0.1) is 0 Å². The van der Waals surface area contributed by atoms with Crippen LogP contribution in [-0.4, -0.2) is 41.8 Å². The molecule has 1 aromatic rings. The Balaban J connectivity index is 1.41. The molecule has 3 N–H and O–H groups in total. The Morgan fingerprint density at radius 2 is 1.67 bits per heavy atom. The predicted octanol–water partition coefficient (Wildman–Crippen LogP) is 2.28. The summed E-state index contributed by atoms with van der Waals surface area (Å²) in [5, 5.41) is 3.80. The van der Waals surface area contributed by atoms with Gasteiger partial charge in [-0.1, -0.05) is 0 Å². The van der Waals surface area contributed by atoms with Gasteiger partial charge in [0, 0.05) is 18.6 Å². The maximum atomic E-state index is 6.47. The fourth-order valence-corrected chi connectivity index (χ4v) is 6.03. The van der Waals surface area contributed by atoms with E-state index < -0.39 is 0 Å². The quantitative estimate of drug-likeness (QED) is 0.886. The fourth-order valence-electron chi connectivity index (χ4n) is 6.03. The summed E-state index contributed by atoms with van der Waals surface area (Å²) < 4.78 is 5.44. The van der Waals surface area contributed by atoms with Gasteiger partial charge in [0.2, 0.25) is 0 Å². The van der Waals surface area contributed by atoms with Gasteiger partial charge in [0.15, 0.2) is 11.6 Å². The minimum atomic E-state index is 0.222. The van der Waals surface area contributed by atoms with Crippen molar-refractivity contribution in [2.24, 2.45) is 17.8 Å². The van der Waals surface area contributed by atoms with E-state index in [2.05, 4.69) is 20.2 Å². The molecule has 0 atom stereocenters. The minimum absolute atomic E-state index is 0.222. The molecule has 0 unspecified atom stereocenters. The van der Waals surface area contributed by atoms with Crippen molar-refractivity contribution in [1.82, 2.24) is 9.97 Å². The molecule has 1 saturated heterocycles. The third-order valence-corrected chi connectivity index (χ3v) is 6.60. The Morgan fingerprint density at radius 3 is 2.29 bits per heavy atom. The van der Waals surface area contributed by atoms with E-state index in [1.807, 2.05) is 0 Å². The lowest BCUT2D eigenvalue weighted by Gasteiger charge is -2.57. The second-order valence-corrected chi connectivity index (χ2v) is 8.38. The average Bonchev–Trinajstić information content (AvgIpc) is 2.56. The molecule has 1 aliphatic heterocycles. The van der Waals surface area contributed by atoms with Crippen molar-refractivity contribution in [2.75, 3.05) is 42.3 Å². The summed E-state index contributed by atoms with van der Waals surface area (Å²) in [7, 11) is 0. The Hall–Kier alpha value is -1.56. The first kappa shape index (κ1) is 14.8. The van der Waals surface area contributed by atoms with Crippen LogP contribution in [0.25, 0.3) is 0 Å². The van der Waals surface area contributed by atoms with Crippen molar-refractivity contribution < 1.29 is 4.74 Å². The summed E-state index contributed by atoms with van der Waals surface area (Å²) in [5.74, 6) is 4.43. The van der Waals surface area contributed by atoms with E-state index in [1.165, 1.54) is 38.5 Å². The molecular weight excluding hydrogens is 302 g/mol. The van der Waals surface area contributed by atoms with E-state index in [1.54, 1.807) is 6.33 Å². The van der Waals surface area contributed by atoms with E-state index in [9.17, 15) is 0 Å². The van der Waals surface area contributed by atoms with Gasteiger partial charge in [-0.3, -0.25) is 0 Å². The normalized spacial score (nSPS) is 37.7. The van der Waals surface area contributed by atoms with E-state index in [0.29, 0.717) is 5.69 Å². The third-order valence-electron chi connectivity index (χ3n) is 6.60. The highest BCUT2D eigenvalue weighted by Gasteiger charge is 2.51. The predicted molar refractivity (Wildman–Crippen MR) is 94.0 cm³/mol. The van der Waals surface area contributed by atoms with Gasteiger partial charge >= 0.3 is 0 Å². The topological polar surface area (TPSA) is 76.3 Å². The lowest BCUT2D eigenvalue weighted by Crippen LogP contribution is -2.55. The highest BCUT2D eigenvalue weighted by Crippen LogP contribution is 2.56. The van der Waals surface area contributed by atoms with Gasteiger partial charge in [0.25, 0.3) is 0 Å². The van der Waals surface area contributed by atoms with Gasteiger partial charge in [-0.25, -0.2) is 9.97 Å². The minimum Gasteiger partial charge on any atom is -0.393 e. The van der Waals surface area contributed by atoms with Crippen molar-refractivity contribution >= 4 is 17.3 Å². The highest BCUT2D eigenvalue weighted by atomic mass is 16.5. The average molecular weight is 329 g/mol. The van der Waals surface area contributed by atoms with Crippen LogP contribution in [0.3, 0.4) is 0 Å². The van der Waals surface area contributed by atoms with Crippen molar-refractivity contribution in [2.45, 2.75) is 44.1 Å². The van der Waals surface area contributed by atoms with Gasteiger partial charge in [0.05, 0.1) is 13.2 Å². The second-order valence-electron chi connectivity index (χ2n) is 8.38. The molecule has 5 aliphatic rings. The van der Waals surface area contributed by atoms with E-state index in [4.69, 9.17) is 10.5 Å². The van der Waals surface area contributed by atoms with Crippen LogP contribution in [0, 0.1) is 17.8 Å². The standard InChI is InChI=1S/C18H27N5O/c19-15-16(20-11-21-17(15)23-1-3-24-4-2-23)22-18-8-12-5-13(9-18)7-14(6-12)10-18/h11-14H,1-10,19H2,(H,20,21,22). The molecule has 24 heavy (non-hydrogen) atoms. The zero-order valence-corrected chi connectivity index (χ0v) is 14.2. The molecule has 4 saturated carbocycles. The van der Waals surface area contributed by atoms with Crippen LogP contribution < -0.4 is 16.0 Å². The number of nitrogens with zero attached hydrogens (tertiary/aromatic N) is 3. The lowest BCUT2D eigenvalue weighted by molar-refractivity contribution is 0.0106. The first-order chi connectivity index (χ1) is 11.7. The summed E-state index contributed by atoms with van der Waals surface area (Å²) in [6.07, 6.45) is 9.85. The number of nitrogens with one attached hydrogen (secondary N) is 1.